The minimum absolute atomic E-state index is 0. The molecular weight excluding hydrogens is 276 g/mol. The van der Waals surface area contributed by atoms with Gasteiger partial charge in [-0.2, -0.15) is 0 Å². The third-order valence-electron chi connectivity index (χ3n) is 0. The molecule has 0 spiro atoms. The minimum atomic E-state index is 0. The molecule has 0 amide bonds. The molecule has 0 heterocycles. The Balaban J connectivity index is 0. The van der Waals surface area contributed by atoms with Crippen molar-refractivity contribution >= 4 is 0 Å². The Morgan fingerprint density at radius 1 is 0.286 bits per heavy atom. The van der Waals surface area contributed by atoms with Gasteiger partial charge in [0.1, 0.15) is 0 Å². The molecule has 0 radical (unpaired) electrons. The Bertz CT molecular complexity index is 4.14. The van der Waals surface area contributed by atoms with E-state index in [1.54, 1.807) is 0 Å². The maximum Gasteiger partial charge on any atom is 3.00 e. The second kappa shape index (κ2) is 1120. The van der Waals surface area contributed by atoms with Crippen LogP contribution in [-0.2, 0) is 20.1 Å². The van der Waals surface area contributed by atoms with Gasteiger partial charge in [0.2, 0.25) is 0 Å². The van der Waals surface area contributed by atoms with E-state index in [9.17, 15) is 0 Å². The van der Waals surface area contributed by atoms with E-state index in [1.165, 1.54) is 0 Å². The number of rotatable bonds is 0. The van der Waals surface area contributed by atoms with Crippen molar-refractivity contribution in [2.24, 2.45) is 0 Å². The van der Waals surface area contributed by atoms with Crippen molar-refractivity contribution in [2.75, 3.05) is 0 Å². The molecular formula is H12IrN6-3. The molecule has 0 atom stereocenters. The standard InChI is InChI=1S/Ir.6H2N/h;6*1H2/q+3;6*-1. The second-order valence-electron chi connectivity index (χ2n) is 0. The average Bonchev–Trinajstić information content (AvgIpc) is 0. The molecule has 12 N–H and O–H groups in total. The maximum atomic E-state index is 0. The molecule has 0 saturated heterocycles. The van der Waals surface area contributed by atoms with E-state index in [0.717, 1.165) is 0 Å². The molecule has 7 heteroatoms. The van der Waals surface area contributed by atoms with Crippen molar-refractivity contribution in [3.63, 3.8) is 0 Å². The van der Waals surface area contributed by atoms with Gasteiger partial charge in [-0.3, -0.25) is 0 Å². The van der Waals surface area contributed by atoms with E-state index >= 15 is 0 Å². The van der Waals surface area contributed by atoms with E-state index in [-0.39, 0.29) is 57.0 Å². The quantitative estimate of drug-likeness (QED) is 0.611. The third-order valence-corrected chi connectivity index (χ3v) is 0. The van der Waals surface area contributed by atoms with Crippen LogP contribution in [0.4, 0.5) is 0 Å². The Morgan fingerprint density at radius 3 is 0.286 bits per heavy atom. The largest absolute Gasteiger partial charge is 3.00 e. The van der Waals surface area contributed by atoms with Gasteiger partial charge in [0.25, 0.3) is 0 Å². The van der Waals surface area contributed by atoms with Gasteiger partial charge in [-0.25, -0.2) is 0 Å². The topological polar surface area (TPSA) is 201 Å². The normalized spacial score (nSPS) is 0. The van der Waals surface area contributed by atoms with Crippen LogP contribution in [0, 0.1) is 0 Å². The second-order valence-corrected chi connectivity index (χ2v) is 0. The van der Waals surface area contributed by atoms with Crippen LogP contribution < -0.4 is 0 Å². The van der Waals surface area contributed by atoms with Gasteiger partial charge >= 0.3 is 20.1 Å². The number of nitrogens with two attached hydrogens (primary N) is 6. The fraction of sp³-hybridized carbons (Fsp3) is 0. The van der Waals surface area contributed by atoms with Crippen molar-refractivity contribution in [2.45, 2.75) is 0 Å². The average molecular weight is 288 g/mol. The summed E-state index contributed by atoms with van der Waals surface area (Å²) < 4.78 is 0. The summed E-state index contributed by atoms with van der Waals surface area (Å²) in [6.07, 6.45) is 0. The summed E-state index contributed by atoms with van der Waals surface area (Å²) >= 11 is 0. The summed E-state index contributed by atoms with van der Waals surface area (Å²) in [4.78, 5) is 0. The van der Waals surface area contributed by atoms with E-state index in [0.29, 0.717) is 0 Å². The SMILES string of the molecule is [Ir+3].[NH2-].[NH2-].[NH2-].[NH2-].[NH2-].[NH2-]. The van der Waals surface area contributed by atoms with Gasteiger partial charge in [-0.05, 0) is 0 Å². The van der Waals surface area contributed by atoms with Gasteiger partial charge in [-0.1, -0.05) is 0 Å². The molecule has 0 aromatic carbocycles. The van der Waals surface area contributed by atoms with Crippen molar-refractivity contribution in [3.05, 3.63) is 36.9 Å². The molecule has 0 fully saturated rings. The molecule has 0 aliphatic rings. The van der Waals surface area contributed by atoms with E-state index < -0.39 is 0 Å². The zero-order chi connectivity index (χ0) is 0. The third kappa shape index (κ3) is 744. The van der Waals surface area contributed by atoms with Crippen molar-refractivity contribution in [1.82, 2.24) is 0 Å². The fourth-order valence-corrected chi connectivity index (χ4v) is 0. The summed E-state index contributed by atoms with van der Waals surface area (Å²) in [7, 11) is 0. The van der Waals surface area contributed by atoms with E-state index in [4.69, 9.17) is 0 Å². The fourth-order valence-electron chi connectivity index (χ4n) is 0. The Kier molecular flexibility index (Phi) is 290000. The molecule has 0 aliphatic heterocycles. The van der Waals surface area contributed by atoms with Gasteiger partial charge in [0.15, 0.2) is 0 Å². The Labute approximate surface area is 57.7 Å². The van der Waals surface area contributed by atoms with Gasteiger partial charge in [0, 0.05) is 0 Å². The summed E-state index contributed by atoms with van der Waals surface area (Å²) in [6.45, 7) is 0. The number of hydrogen-bond donors (Lipinski definition) is 0. The predicted molar refractivity (Wildman–Crippen MR) is 31.7 cm³/mol. The molecule has 0 saturated carbocycles. The first kappa shape index (κ1) is 1820. The first-order valence-corrected chi connectivity index (χ1v) is 0. The summed E-state index contributed by atoms with van der Waals surface area (Å²) in [6, 6.07) is 0. The Hall–Kier alpha value is 0.409. The van der Waals surface area contributed by atoms with Crippen LogP contribution in [0.2, 0.25) is 0 Å². The van der Waals surface area contributed by atoms with Crippen LogP contribution in [0.5, 0.6) is 0 Å². The van der Waals surface area contributed by atoms with Crippen LogP contribution >= 0.6 is 0 Å². The monoisotopic (exact) mass is 289 g/mol. The maximum absolute atomic E-state index is 0. The zero-order valence-corrected chi connectivity index (χ0v) is 6.19. The van der Waals surface area contributed by atoms with Crippen LogP contribution in [0.15, 0.2) is 0 Å². The van der Waals surface area contributed by atoms with Crippen molar-refractivity contribution < 1.29 is 20.1 Å². The molecule has 0 unspecified atom stereocenters. The smallest absolute Gasteiger partial charge is 0.693 e. The predicted octanol–water partition coefficient (Wildman–Crippen LogP) is 4.30. The number of hydrogen-bond acceptors (Lipinski definition) is 0. The molecule has 0 bridgehead atoms. The zero-order valence-electron chi connectivity index (χ0n) is 3.80. The van der Waals surface area contributed by atoms with Crippen molar-refractivity contribution in [1.29, 1.82) is 0 Å². The molecule has 7 heavy (non-hydrogen) atoms. The van der Waals surface area contributed by atoms with Crippen LogP contribution in [0.3, 0.4) is 0 Å². The summed E-state index contributed by atoms with van der Waals surface area (Å²) in [5.74, 6) is 0. The molecule has 0 aromatic rings. The first-order valence-electron chi connectivity index (χ1n) is 0. The van der Waals surface area contributed by atoms with Gasteiger partial charge in [0.05, 0.1) is 0 Å². The Morgan fingerprint density at radius 2 is 0.286 bits per heavy atom. The van der Waals surface area contributed by atoms with Crippen LogP contribution in [0.1, 0.15) is 0 Å². The van der Waals surface area contributed by atoms with Crippen molar-refractivity contribution in [3.8, 4) is 0 Å². The minimum Gasteiger partial charge on any atom is -0.693 e. The summed E-state index contributed by atoms with van der Waals surface area (Å²) in [5.41, 5.74) is 0. The molecule has 0 rings (SSSR count). The van der Waals surface area contributed by atoms with Crippen LogP contribution in [-0.4, -0.2) is 0 Å². The van der Waals surface area contributed by atoms with Crippen LogP contribution in [0.25, 0.3) is 36.9 Å². The molecule has 0 aromatic heterocycles. The molecule has 6 nitrogen and oxygen atoms in total. The van der Waals surface area contributed by atoms with E-state index in [1.807, 2.05) is 0 Å². The van der Waals surface area contributed by atoms with Gasteiger partial charge < -0.3 is 36.9 Å². The van der Waals surface area contributed by atoms with Gasteiger partial charge in [-0.15, -0.1) is 0 Å². The molecule has 0 aliphatic carbocycles. The summed E-state index contributed by atoms with van der Waals surface area (Å²) in [5, 5.41) is 0. The van der Waals surface area contributed by atoms with E-state index in [2.05, 4.69) is 0 Å². The first-order chi connectivity index (χ1) is 0. The molecule has 54 valence electrons.